The van der Waals surface area contributed by atoms with Gasteiger partial charge in [-0.3, -0.25) is 14.4 Å². The van der Waals surface area contributed by atoms with Crippen molar-refractivity contribution in [1.29, 1.82) is 0 Å². The molecule has 0 aromatic heterocycles. The van der Waals surface area contributed by atoms with Crippen molar-refractivity contribution in [1.82, 2.24) is 0 Å². The number of carbonyl (C=O) groups excluding carboxylic acids is 3. The Morgan fingerprint density at radius 2 is 0.519 bits per heavy atom. The second-order valence-corrected chi connectivity index (χ2v) is 20.9. The Kier molecular flexibility index (Phi) is 60.8. The Morgan fingerprint density at radius 3 is 0.831 bits per heavy atom. The van der Waals surface area contributed by atoms with Crippen LogP contribution in [0.15, 0.2) is 122 Å². The molecule has 0 aliphatic rings. The minimum atomic E-state index is -0.817. The first-order chi connectivity index (χ1) is 38.0. The van der Waals surface area contributed by atoms with Crippen molar-refractivity contribution in [2.75, 3.05) is 13.2 Å². The fraction of sp³-hybridized carbons (Fsp3) is 0.676. The molecule has 0 spiro atoms. The summed E-state index contributed by atoms with van der Waals surface area (Å²) in [4.78, 5) is 38.3. The number of hydrogen-bond acceptors (Lipinski definition) is 6. The van der Waals surface area contributed by atoms with Gasteiger partial charge in [0.1, 0.15) is 13.2 Å². The first-order valence-corrected chi connectivity index (χ1v) is 32.0. The third-order valence-electron chi connectivity index (χ3n) is 13.4. The van der Waals surface area contributed by atoms with E-state index in [2.05, 4.69) is 142 Å². The van der Waals surface area contributed by atoms with Crippen LogP contribution in [0.3, 0.4) is 0 Å². The Balaban J connectivity index is 4.41. The molecule has 0 rings (SSSR count). The van der Waals surface area contributed by atoms with Gasteiger partial charge in [0, 0.05) is 19.3 Å². The van der Waals surface area contributed by atoms with E-state index in [1.807, 2.05) is 0 Å². The molecule has 0 N–H and O–H groups in total. The highest BCUT2D eigenvalue weighted by Gasteiger charge is 2.19. The normalized spacial score (nSPS) is 12.9. The topological polar surface area (TPSA) is 78.9 Å². The third-order valence-corrected chi connectivity index (χ3v) is 13.4. The van der Waals surface area contributed by atoms with Crippen molar-refractivity contribution >= 4 is 17.9 Å². The molecular formula is C71H118O6. The lowest BCUT2D eigenvalue weighted by molar-refractivity contribution is -0.167. The molecule has 0 aromatic rings. The molecule has 1 unspecified atom stereocenters. The quantitative estimate of drug-likeness (QED) is 0.0261. The number of unbranched alkanes of at least 4 members (excludes halogenated alkanes) is 26. The van der Waals surface area contributed by atoms with Crippen LogP contribution < -0.4 is 0 Å². The summed E-state index contributed by atoms with van der Waals surface area (Å²) in [5.41, 5.74) is 0. The summed E-state index contributed by atoms with van der Waals surface area (Å²) in [5, 5.41) is 0. The second-order valence-electron chi connectivity index (χ2n) is 20.9. The monoisotopic (exact) mass is 1070 g/mol. The first-order valence-electron chi connectivity index (χ1n) is 32.0. The highest BCUT2D eigenvalue weighted by atomic mass is 16.6. The Hall–Kier alpha value is -4.19. The minimum absolute atomic E-state index is 0.106. The van der Waals surface area contributed by atoms with E-state index >= 15 is 0 Å². The zero-order chi connectivity index (χ0) is 55.7. The van der Waals surface area contributed by atoms with Crippen LogP contribution in [0.25, 0.3) is 0 Å². The van der Waals surface area contributed by atoms with E-state index in [4.69, 9.17) is 14.2 Å². The summed E-state index contributed by atoms with van der Waals surface area (Å²) >= 11 is 0. The average molecular weight is 1070 g/mol. The van der Waals surface area contributed by atoms with Crippen molar-refractivity contribution in [3.63, 3.8) is 0 Å². The summed E-state index contributed by atoms with van der Waals surface area (Å²) < 4.78 is 16.9. The van der Waals surface area contributed by atoms with Crippen LogP contribution in [0.1, 0.15) is 290 Å². The summed E-state index contributed by atoms with van der Waals surface area (Å²) in [6.45, 7) is 6.37. The van der Waals surface area contributed by atoms with Gasteiger partial charge in [0.25, 0.3) is 0 Å². The van der Waals surface area contributed by atoms with Crippen molar-refractivity contribution in [3.8, 4) is 0 Å². The molecule has 0 aliphatic heterocycles. The Morgan fingerprint density at radius 1 is 0.273 bits per heavy atom. The number of rotatable bonds is 57. The minimum Gasteiger partial charge on any atom is -0.462 e. The van der Waals surface area contributed by atoms with E-state index in [-0.39, 0.29) is 37.5 Å². The zero-order valence-corrected chi connectivity index (χ0v) is 50.2. The number of hydrogen-bond donors (Lipinski definition) is 0. The zero-order valence-electron chi connectivity index (χ0n) is 50.2. The molecule has 1 atom stereocenters. The number of carbonyl (C=O) groups is 3. The van der Waals surface area contributed by atoms with Gasteiger partial charge < -0.3 is 14.2 Å². The van der Waals surface area contributed by atoms with Crippen molar-refractivity contribution in [2.45, 2.75) is 297 Å². The summed E-state index contributed by atoms with van der Waals surface area (Å²) in [5.74, 6) is -0.971. The van der Waals surface area contributed by atoms with Gasteiger partial charge in [-0.1, -0.05) is 271 Å². The van der Waals surface area contributed by atoms with Crippen LogP contribution in [0.4, 0.5) is 0 Å². The molecule has 0 amide bonds. The Bertz CT molecular complexity index is 1600. The average Bonchev–Trinajstić information content (AvgIpc) is 3.43. The molecule has 0 aromatic carbocycles. The summed E-state index contributed by atoms with van der Waals surface area (Å²) in [6, 6.07) is 0. The molecule has 0 saturated heterocycles. The van der Waals surface area contributed by atoms with E-state index in [1.54, 1.807) is 0 Å². The van der Waals surface area contributed by atoms with Gasteiger partial charge in [0.05, 0.1) is 0 Å². The van der Waals surface area contributed by atoms with Crippen LogP contribution in [-0.2, 0) is 28.6 Å². The van der Waals surface area contributed by atoms with Crippen molar-refractivity contribution in [3.05, 3.63) is 122 Å². The van der Waals surface area contributed by atoms with E-state index in [0.29, 0.717) is 19.3 Å². The van der Waals surface area contributed by atoms with Crippen LogP contribution in [0.2, 0.25) is 0 Å². The number of ether oxygens (including phenoxy) is 3. The molecule has 6 nitrogen and oxygen atoms in total. The predicted molar refractivity (Wildman–Crippen MR) is 334 cm³/mol. The third kappa shape index (κ3) is 62.5. The molecular weight excluding hydrogens is 949 g/mol. The SMILES string of the molecule is CC/C=C\C/C=C\C/C=C\C/C=C\C/C=C\CCCC(=O)OC(COC(=O)CCCCCCCCC/C=C\C/C=C\C/C=C\CC)COC(=O)CCCCCCCCCCCCCCC/C=C\C/C=C\CCCCCCC. The van der Waals surface area contributed by atoms with Crippen LogP contribution >= 0.6 is 0 Å². The summed E-state index contributed by atoms with van der Waals surface area (Å²) in [7, 11) is 0. The standard InChI is InChI=1S/C71H118O6/c1-4-7-10-13-16-19-22-25-28-31-32-33-34-35-36-37-38-41-43-46-49-52-55-58-61-64-70(73)76-67-68(77-71(74)65-62-59-56-53-50-47-44-40-30-27-24-21-18-15-12-9-6-3)66-75-69(72)63-60-57-54-51-48-45-42-39-29-26-23-20-17-14-11-8-5-2/h8-9,11-12,17-18,20-22,25-27,29-32,44,47,53,56,68H,4-7,10,13-16,19,23-24,28,33-43,45-46,48-52,54-55,57-67H2,1-3H3/b11-8-,12-9-,20-17-,21-18-,25-22-,29-26-,30-27-,32-31-,47-44-,56-53-. The fourth-order valence-electron chi connectivity index (χ4n) is 8.70. The lowest BCUT2D eigenvalue weighted by Crippen LogP contribution is -2.30. The van der Waals surface area contributed by atoms with Gasteiger partial charge in [-0.2, -0.15) is 0 Å². The molecule has 0 aliphatic carbocycles. The van der Waals surface area contributed by atoms with E-state index in [9.17, 15) is 14.4 Å². The lowest BCUT2D eigenvalue weighted by atomic mass is 10.0. The fourth-order valence-corrected chi connectivity index (χ4v) is 8.70. The predicted octanol–water partition coefficient (Wildman–Crippen LogP) is 22.0. The molecule has 0 saturated carbocycles. The smallest absolute Gasteiger partial charge is 0.306 e. The molecule has 6 heteroatoms. The molecule has 77 heavy (non-hydrogen) atoms. The molecule has 0 radical (unpaired) electrons. The van der Waals surface area contributed by atoms with Crippen LogP contribution in [0.5, 0.6) is 0 Å². The maximum atomic E-state index is 12.9. The van der Waals surface area contributed by atoms with Crippen molar-refractivity contribution < 1.29 is 28.6 Å². The van der Waals surface area contributed by atoms with E-state index in [1.165, 1.54) is 135 Å². The largest absolute Gasteiger partial charge is 0.462 e. The summed E-state index contributed by atoms with van der Waals surface area (Å²) in [6.07, 6.45) is 89.3. The lowest BCUT2D eigenvalue weighted by Gasteiger charge is -2.18. The molecule has 0 fully saturated rings. The van der Waals surface area contributed by atoms with Gasteiger partial charge in [0.2, 0.25) is 0 Å². The van der Waals surface area contributed by atoms with Crippen LogP contribution in [-0.4, -0.2) is 37.2 Å². The maximum absolute atomic E-state index is 12.9. The van der Waals surface area contributed by atoms with E-state index in [0.717, 1.165) is 109 Å². The van der Waals surface area contributed by atoms with Gasteiger partial charge in [-0.05, 0) is 122 Å². The Labute approximate surface area is 475 Å². The second kappa shape index (κ2) is 64.3. The molecule has 0 heterocycles. The maximum Gasteiger partial charge on any atom is 0.306 e. The molecule has 438 valence electrons. The number of esters is 3. The first kappa shape index (κ1) is 72.8. The highest BCUT2D eigenvalue weighted by Crippen LogP contribution is 2.16. The van der Waals surface area contributed by atoms with Gasteiger partial charge in [-0.25, -0.2) is 0 Å². The van der Waals surface area contributed by atoms with Gasteiger partial charge in [0.15, 0.2) is 6.10 Å². The highest BCUT2D eigenvalue weighted by molar-refractivity contribution is 5.71. The van der Waals surface area contributed by atoms with Crippen molar-refractivity contribution in [2.24, 2.45) is 0 Å². The van der Waals surface area contributed by atoms with E-state index < -0.39 is 6.10 Å². The van der Waals surface area contributed by atoms with Gasteiger partial charge >= 0.3 is 17.9 Å². The van der Waals surface area contributed by atoms with Crippen LogP contribution in [0, 0.1) is 0 Å². The molecule has 0 bridgehead atoms. The number of allylic oxidation sites excluding steroid dienone is 20. The van der Waals surface area contributed by atoms with Gasteiger partial charge in [-0.15, -0.1) is 0 Å².